The van der Waals surface area contributed by atoms with E-state index in [1.807, 2.05) is 24.3 Å². The molecule has 2 atom stereocenters. The number of halogens is 4. The predicted molar refractivity (Wildman–Crippen MR) is 119 cm³/mol. The quantitative estimate of drug-likeness (QED) is 0.628. The number of methoxy groups -OCH3 is 1. The van der Waals surface area contributed by atoms with Crippen LogP contribution in [0.1, 0.15) is 21.6 Å². The molecule has 2 fully saturated rings. The number of anilines is 1. The van der Waals surface area contributed by atoms with Gasteiger partial charge in [0.15, 0.2) is 5.69 Å². The van der Waals surface area contributed by atoms with Gasteiger partial charge in [0.25, 0.3) is 0 Å². The molecule has 0 aliphatic carbocycles. The number of ether oxygens (including phenoxy) is 1. The summed E-state index contributed by atoms with van der Waals surface area (Å²) < 4.78 is 44.9. The van der Waals surface area contributed by atoms with E-state index in [1.54, 1.807) is 0 Å². The molecule has 3 heterocycles. The third-order valence-electron chi connectivity index (χ3n) is 6.19. The zero-order valence-electron chi connectivity index (χ0n) is 18.5. The molecule has 34 heavy (non-hydrogen) atoms. The van der Waals surface area contributed by atoms with Gasteiger partial charge in [-0.3, -0.25) is 9.80 Å². The average Bonchev–Trinajstić information content (AvgIpc) is 3.21. The van der Waals surface area contributed by atoms with Crippen molar-refractivity contribution in [1.29, 1.82) is 0 Å². The Bertz CT molecular complexity index is 1020. The van der Waals surface area contributed by atoms with Crippen LogP contribution in [-0.2, 0) is 17.5 Å². The summed E-state index contributed by atoms with van der Waals surface area (Å²) in [6.45, 7) is 4.23. The van der Waals surface area contributed by atoms with Gasteiger partial charge in [0.1, 0.15) is 5.56 Å². The van der Waals surface area contributed by atoms with Crippen LogP contribution in [0.25, 0.3) is 0 Å². The molecule has 12 heteroatoms. The predicted octanol–water partition coefficient (Wildman–Crippen LogP) is 2.30. The maximum atomic E-state index is 13.5. The van der Waals surface area contributed by atoms with Crippen LogP contribution in [0.2, 0.25) is 5.02 Å². The van der Waals surface area contributed by atoms with E-state index < -0.39 is 29.5 Å². The minimum Gasteiger partial charge on any atom is -0.465 e. The number of alkyl halides is 3. The first kappa shape index (κ1) is 24.6. The zero-order valence-corrected chi connectivity index (χ0v) is 19.3. The monoisotopic (exact) mass is 499 g/mol. The van der Waals surface area contributed by atoms with Crippen LogP contribution in [0.3, 0.4) is 0 Å². The Hall–Kier alpha value is -2.47. The largest absolute Gasteiger partial charge is 0.465 e. The van der Waals surface area contributed by atoms with Crippen LogP contribution >= 0.6 is 11.6 Å². The molecule has 1 N–H and O–H groups in total. The number of β-amino-alcohol motifs (C(OH)–C–C–N with tert-alkyl or cyclic N) is 1. The van der Waals surface area contributed by atoms with E-state index in [4.69, 9.17) is 11.6 Å². The van der Waals surface area contributed by atoms with Crippen molar-refractivity contribution in [1.82, 2.24) is 19.8 Å². The van der Waals surface area contributed by atoms with Gasteiger partial charge >= 0.3 is 12.1 Å². The van der Waals surface area contributed by atoms with Crippen molar-refractivity contribution in [2.45, 2.75) is 24.9 Å². The van der Waals surface area contributed by atoms with Crippen molar-refractivity contribution >= 4 is 23.5 Å². The molecule has 2 aromatic rings. The lowest BCUT2D eigenvalue weighted by atomic mass is 10.1. The Morgan fingerprint density at radius 1 is 1.18 bits per heavy atom. The summed E-state index contributed by atoms with van der Waals surface area (Å²) in [6.07, 6.45) is -4.79. The van der Waals surface area contributed by atoms with Gasteiger partial charge in [-0.05, 0) is 17.7 Å². The van der Waals surface area contributed by atoms with Crippen LogP contribution in [0.5, 0.6) is 0 Å². The van der Waals surface area contributed by atoms with Crippen molar-refractivity contribution in [2.75, 3.05) is 51.3 Å². The molecule has 0 radical (unpaired) electrons. The topological polar surface area (TPSA) is 82.0 Å². The minimum absolute atomic E-state index is 0.102. The molecule has 2 aliphatic rings. The van der Waals surface area contributed by atoms with Crippen molar-refractivity contribution in [3.05, 3.63) is 52.3 Å². The first-order chi connectivity index (χ1) is 16.2. The smallest absolute Gasteiger partial charge is 0.434 e. The standard InChI is InChI=1S/C22H25ClF3N5O3/c1-34-20(33)16-10-27-21(28-19(16)22(24,25)26)31-12-17(18(32)13-31)30-8-6-29(7-9-30)11-14-2-4-15(23)5-3-14/h2-5,10,17-18,32H,6-9,11-13H2,1H3/t17-,18-/m1/s1. The fraction of sp³-hybridized carbons (Fsp3) is 0.500. The van der Waals surface area contributed by atoms with E-state index in [9.17, 15) is 23.1 Å². The summed E-state index contributed by atoms with van der Waals surface area (Å²) in [4.78, 5) is 25.3. The molecule has 2 saturated heterocycles. The van der Waals surface area contributed by atoms with E-state index >= 15 is 0 Å². The molecule has 0 unspecified atom stereocenters. The third-order valence-corrected chi connectivity index (χ3v) is 6.44. The van der Waals surface area contributed by atoms with Crippen molar-refractivity contribution in [3.63, 3.8) is 0 Å². The number of carbonyl (C=O) groups is 1. The van der Waals surface area contributed by atoms with Crippen molar-refractivity contribution in [2.24, 2.45) is 0 Å². The summed E-state index contributed by atoms with van der Waals surface area (Å²) in [5.41, 5.74) is -0.928. The molecule has 0 bridgehead atoms. The Kier molecular flexibility index (Phi) is 7.27. The summed E-state index contributed by atoms with van der Waals surface area (Å²) >= 11 is 5.94. The number of rotatable bonds is 5. The van der Waals surface area contributed by atoms with Gasteiger partial charge in [-0.25, -0.2) is 14.8 Å². The van der Waals surface area contributed by atoms with Crippen molar-refractivity contribution < 1.29 is 27.8 Å². The fourth-order valence-electron chi connectivity index (χ4n) is 4.39. The van der Waals surface area contributed by atoms with Crippen molar-refractivity contribution in [3.8, 4) is 0 Å². The number of carbonyl (C=O) groups excluding carboxylic acids is 1. The molecule has 4 rings (SSSR count). The molecule has 0 spiro atoms. The molecular formula is C22H25ClF3N5O3. The second kappa shape index (κ2) is 10.0. The van der Waals surface area contributed by atoms with Crippen LogP contribution in [0.4, 0.5) is 19.1 Å². The molecule has 8 nitrogen and oxygen atoms in total. The Labute approximate surface area is 199 Å². The normalized spacial score (nSPS) is 22.2. The van der Waals surface area contributed by atoms with Gasteiger partial charge in [-0.15, -0.1) is 0 Å². The highest BCUT2D eigenvalue weighted by Gasteiger charge is 2.41. The summed E-state index contributed by atoms with van der Waals surface area (Å²) in [5, 5.41) is 11.3. The third kappa shape index (κ3) is 5.43. The Morgan fingerprint density at radius 2 is 1.85 bits per heavy atom. The van der Waals surface area contributed by atoms with E-state index in [-0.39, 0.29) is 25.1 Å². The van der Waals surface area contributed by atoms with Gasteiger partial charge in [0, 0.05) is 57.0 Å². The molecule has 184 valence electrons. The number of aliphatic hydroxyl groups excluding tert-OH is 1. The number of piperazine rings is 1. The highest BCUT2D eigenvalue weighted by Crippen LogP contribution is 2.32. The highest BCUT2D eigenvalue weighted by molar-refractivity contribution is 6.30. The molecular weight excluding hydrogens is 475 g/mol. The van der Waals surface area contributed by atoms with Crippen LogP contribution in [0.15, 0.2) is 30.5 Å². The molecule has 1 aromatic carbocycles. The minimum atomic E-state index is -4.85. The number of aliphatic hydroxyl groups is 1. The summed E-state index contributed by atoms with van der Waals surface area (Å²) in [6, 6.07) is 7.46. The SMILES string of the molecule is COC(=O)c1cnc(N2C[C@@H](O)[C@H](N3CCN(Cc4ccc(Cl)cc4)CC3)C2)nc1C(F)(F)F. The van der Waals surface area contributed by atoms with Crippen LogP contribution in [-0.4, -0.2) is 89.4 Å². The average molecular weight is 500 g/mol. The Balaban J connectivity index is 1.40. The number of aromatic nitrogens is 2. The van der Waals surface area contributed by atoms with E-state index in [0.29, 0.717) is 5.02 Å². The lowest BCUT2D eigenvalue weighted by Gasteiger charge is -2.38. The van der Waals surface area contributed by atoms with Gasteiger partial charge in [-0.2, -0.15) is 13.2 Å². The maximum absolute atomic E-state index is 13.5. The number of hydrogen-bond acceptors (Lipinski definition) is 8. The second-order valence-electron chi connectivity index (χ2n) is 8.40. The summed E-state index contributed by atoms with van der Waals surface area (Å²) in [7, 11) is 0.993. The van der Waals surface area contributed by atoms with E-state index in [1.165, 1.54) is 4.90 Å². The number of esters is 1. The van der Waals surface area contributed by atoms with Crippen LogP contribution in [0, 0.1) is 0 Å². The first-order valence-electron chi connectivity index (χ1n) is 10.8. The molecule has 2 aliphatic heterocycles. The Morgan fingerprint density at radius 3 is 2.47 bits per heavy atom. The lowest BCUT2D eigenvalue weighted by molar-refractivity contribution is -0.141. The van der Waals surface area contributed by atoms with Gasteiger partial charge in [0.2, 0.25) is 5.95 Å². The highest BCUT2D eigenvalue weighted by atomic mass is 35.5. The maximum Gasteiger partial charge on any atom is 0.434 e. The number of hydrogen-bond donors (Lipinski definition) is 1. The van der Waals surface area contributed by atoms with E-state index in [2.05, 4.69) is 24.5 Å². The van der Waals surface area contributed by atoms with Gasteiger partial charge in [-0.1, -0.05) is 23.7 Å². The number of benzene rings is 1. The van der Waals surface area contributed by atoms with Crippen LogP contribution < -0.4 is 4.90 Å². The van der Waals surface area contributed by atoms with E-state index in [0.717, 1.165) is 51.6 Å². The first-order valence-corrected chi connectivity index (χ1v) is 11.2. The molecule has 0 saturated carbocycles. The zero-order chi connectivity index (χ0) is 24.5. The lowest BCUT2D eigenvalue weighted by Crippen LogP contribution is -2.53. The van der Waals surface area contributed by atoms with Gasteiger partial charge < -0.3 is 14.7 Å². The second-order valence-corrected chi connectivity index (χ2v) is 8.84. The van der Waals surface area contributed by atoms with Gasteiger partial charge in [0.05, 0.1) is 19.3 Å². The number of nitrogens with zero attached hydrogens (tertiary/aromatic N) is 5. The molecule has 1 aromatic heterocycles. The fourth-order valence-corrected chi connectivity index (χ4v) is 4.52. The molecule has 0 amide bonds. The summed E-state index contributed by atoms with van der Waals surface area (Å²) in [5.74, 6) is -1.34.